The Kier molecular flexibility index (Phi) is 5.01. The van der Waals surface area contributed by atoms with Crippen LogP contribution in [0.2, 0.25) is 0 Å². The molecule has 0 heterocycles. The van der Waals surface area contributed by atoms with E-state index < -0.39 is 0 Å². The lowest BCUT2D eigenvalue weighted by molar-refractivity contribution is 1.65. The summed E-state index contributed by atoms with van der Waals surface area (Å²) >= 11 is 6.95. The number of hydrogen-bond acceptors (Lipinski definition) is 2. The Morgan fingerprint density at radius 3 is 2.22 bits per heavy atom. The molecular formula is C16H12S2. The van der Waals surface area contributed by atoms with Crippen molar-refractivity contribution < 1.29 is 0 Å². The van der Waals surface area contributed by atoms with Crippen molar-refractivity contribution in [2.75, 3.05) is 5.75 Å². The highest BCUT2D eigenvalue weighted by atomic mass is 32.2. The van der Waals surface area contributed by atoms with Gasteiger partial charge >= 0.3 is 0 Å². The standard InChI is InChI=1S/C16H12S2/c17-16(15-11-5-2-6-12-15)18-13-7-10-14-8-3-1-4-9-14/h1-6,8-9,11-12H,13H2. The second-order valence-corrected chi connectivity index (χ2v) is 5.26. The minimum Gasteiger partial charge on any atom is -0.101 e. The summed E-state index contributed by atoms with van der Waals surface area (Å²) in [5.74, 6) is 6.97. The molecule has 0 spiro atoms. The zero-order valence-electron chi connectivity index (χ0n) is 9.80. The van der Waals surface area contributed by atoms with E-state index in [1.54, 1.807) is 11.8 Å². The molecule has 2 aromatic carbocycles. The molecular weight excluding hydrogens is 256 g/mol. The fourth-order valence-corrected chi connectivity index (χ4v) is 2.31. The van der Waals surface area contributed by atoms with Crippen LogP contribution in [0.25, 0.3) is 0 Å². The summed E-state index contributed by atoms with van der Waals surface area (Å²) in [4.78, 5) is 0. The van der Waals surface area contributed by atoms with E-state index in [2.05, 4.69) is 11.8 Å². The quantitative estimate of drug-likeness (QED) is 0.593. The third-order valence-electron chi connectivity index (χ3n) is 2.29. The van der Waals surface area contributed by atoms with Crippen LogP contribution < -0.4 is 0 Å². The van der Waals surface area contributed by atoms with Crippen LogP contribution in [0, 0.1) is 11.8 Å². The van der Waals surface area contributed by atoms with E-state index in [1.807, 2.05) is 60.7 Å². The molecule has 0 aromatic heterocycles. The van der Waals surface area contributed by atoms with Gasteiger partial charge in [-0.15, -0.1) is 11.8 Å². The zero-order chi connectivity index (χ0) is 12.6. The average Bonchev–Trinajstić information content (AvgIpc) is 2.45. The molecule has 2 heteroatoms. The van der Waals surface area contributed by atoms with Gasteiger partial charge in [0, 0.05) is 5.56 Å². The summed E-state index contributed by atoms with van der Waals surface area (Å²) in [5.41, 5.74) is 2.14. The van der Waals surface area contributed by atoms with Crippen LogP contribution in [0.4, 0.5) is 0 Å². The van der Waals surface area contributed by atoms with Gasteiger partial charge in [-0.25, -0.2) is 0 Å². The first-order valence-electron chi connectivity index (χ1n) is 5.62. The fraction of sp³-hybridized carbons (Fsp3) is 0.0625. The summed E-state index contributed by atoms with van der Waals surface area (Å²) in [7, 11) is 0. The number of benzene rings is 2. The van der Waals surface area contributed by atoms with Gasteiger partial charge in [0.25, 0.3) is 0 Å². The van der Waals surface area contributed by atoms with Crippen LogP contribution in [-0.2, 0) is 0 Å². The first-order chi connectivity index (χ1) is 8.86. The molecule has 0 saturated carbocycles. The molecule has 0 saturated heterocycles. The number of hydrogen-bond donors (Lipinski definition) is 0. The van der Waals surface area contributed by atoms with E-state index in [-0.39, 0.29) is 0 Å². The van der Waals surface area contributed by atoms with Crippen molar-refractivity contribution >= 4 is 28.2 Å². The minimum absolute atomic E-state index is 0.725. The molecule has 0 fully saturated rings. The molecule has 0 bridgehead atoms. The van der Waals surface area contributed by atoms with Gasteiger partial charge in [0.1, 0.15) is 0 Å². The summed E-state index contributed by atoms with van der Waals surface area (Å²) in [5, 5.41) is 0. The third-order valence-corrected chi connectivity index (χ3v) is 3.67. The van der Waals surface area contributed by atoms with Gasteiger partial charge in [-0.3, -0.25) is 0 Å². The summed E-state index contributed by atoms with van der Waals surface area (Å²) < 4.78 is 0.901. The van der Waals surface area contributed by atoms with Crippen molar-refractivity contribution in [1.29, 1.82) is 0 Å². The molecule has 0 nitrogen and oxygen atoms in total. The van der Waals surface area contributed by atoms with Crippen LogP contribution in [0.1, 0.15) is 11.1 Å². The van der Waals surface area contributed by atoms with Crippen molar-refractivity contribution in [3.05, 3.63) is 71.8 Å². The Bertz CT molecular complexity index is 562. The van der Waals surface area contributed by atoms with Gasteiger partial charge in [-0.1, -0.05) is 72.6 Å². The summed E-state index contributed by atoms with van der Waals surface area (Å²) in [6.45, 7) is 0. The Labute approximate surface area is 117 Å². The van der Waals surface area contributed by atoms with Crippen molar-refractivity contribution in [2.24, 2.45) is 0 Å². The van der Waals surface area contributed by atoms with Crippen molar-refractivity contribution in [3.63, 3.8) is 0 Å². The number of thiocarbonyl (C=S) groups is 1. The molecule has 0 radical (unpaired) electrons. The van der Waals surface area contributed by atoms with Crippen LogP contribution in [0.5, 0.6) is 0 Å². The predicted molar refractivity (Wildman–Crippen MR) is 83.9 cm³/mol. The van der Waals surface area contributed by atoms with E-state index in [4.69, 9.17) is 12.2 Å². The fourth-order valence-electron chi connectivity index (χ4n) is 1.42. The highest BCUT2D eigenvalue weighted by molar-refractivity contribution is 8.23. The van der Waals surface area contributed by atoms with Gasteiger partial charge in [0.05, 0.1) is 9.95 Å². The molecule has 18 heavy (non-hydrogen) atoms. The SMILES string of the molecule is S=C(SCC#Cc1ccccc1)c1ccccc1. The molecule has 0 atom stereocenters. The van der Waals surface area contributed by atoms with Crippen LogP contribution in [0.15, 0.2) is 60.7 Å². The van der Waals surface area contributed by atoms with E-state index in [1.165, 1.54) is 0 Å². The molecule has 0 N–H and O–H groups in total. The zero-order valence-corrected chi connectivity index (χ0v) is 11.4. The van der Waals surface area contributed by atoms with E-state index in [0.717, 1.165) is 21.1 Å². The lowest BCUT2D eigenvalue weighted by atomic mass is 10.2. The molecule has 0 aliphatic heterocycles. The van der Waals surface area contributed by atoms with Gasteiger partial charge in [0.15, 0.2) is 0 Å². The molecule has 0 amide bonds. The van der Waals surface area contributed by atoms with E-state index in [9.17, 15) is 0 Å². The maximum atomic E-state index is 5.35. The van der Waals surface area contributed by atoms with Crippen molar-refractivity contribution in [1.82, 2.24) is 0 Å². The second-order valence-electron chi connectivity index (χ2n) is 3.61. The Morgan fingerprint density at radius 2 is 1.56 bits per heavy atom. The normalized spacial score (nSPS) is 9.33. The highest BCUT2D eigenvalue weighted by Crippen LogP contribution is 2.12. The van der Waals surface area contributed by atoms with Gasteiger partial charge in [0.2, 0.25) is 0 Å². The second kappa shape index (κ2) is 7.00. The maximum absolute atomic E-state index is 5.35. The van der Waals surface area contributed by atoms with Crippen LogP contribution >= 0.6 is 24.0 Å². The van der Waals surface area contributed by atoms with E-state index >= 15 is 0 Å². The lowest BCUT2D eigenvalue weighted by Gasteiger charge is -1.99. The smallest absolute Gasteiger partial charge is 0.0787 e. The molecule has 0 aliphatic carbocycles. The highest BCUT2D eigenvalue weighted by Gasteiger charge is 1.98. The Hall–Kier alpha value is -1.56. The summed E-state index contributed by atoms with van der Waals surface area (Å²) in [6, 6.07) is 20.0. The minimum atomic E-state index is 0.725. The van der Waals surface area contributed by atoms with Crippen molar-refractivity contribution in [2.45, 2.75) is 0 Å². The first-order valence-corrected chi connectivity index (χ1v) is 7.02. The van der Waals surface area contributed by atoms with E-state index in [0.29, 0.717) is 0 Å². The largest absolute Gasteiger partial charge is 0.101 e. The average molecular weight is 268 g/mol. The summed E-state index contributed by atoms with van der Waals surface area (Å²) in [6.07, 6.45) is 0. The van der Waals surface area contributed by atoms with Gasteiger partial charge in [-0.2, -0.15) is 0 Å². The topological polar surface area (TPSA) is 0 Å². The molecule has 88 valence electrons. The Morgan fingerprint density at radius 1 is 0.944 bits per heavy atom. The number of rotatable bonds is 2. The molecule has 0 aliphatic rings. The Balaban J connectivity index is 1.87. The monoisotopic (exact) mass is 268 g/mol. The molecule has 2 aromatic rings. The predicted octanol–water partition coefficient (Wildman–Crippen LogP) is 4.15. The van der Waals surface area contributed by atoms with Gasteiger partial charge < -0.3 is 0 Å². The van der Waals surface area contributed by atoms with Crippen LogP contribution in [0.3, 0.4) is 0 Å². The molecule has 2 rings (SSSR count). The van der Waals surface area contributed by atoms with Gasteiger partial charge in [-0.05, 0) is 17.7 Å². The third kappa shape index (κ3) is 4.03. The maximum Gasteiger partial charge on any atom is 0.0787 e. The molecule has 0 unspecified atom stereocenters. The number of thioether (sulfide) groups is 1. The van der Waals surface area contributed by atoms with Crippen LogP contribution in [-0.4, -0.2) is 9.95 Å². The first kappa shape index (κ1) is 12.9. The van der Waals surface area contributed by atoms with Crippen molar-refractivity contribution in [3.8, 4) is 11.8 Å². The lowest BCUT2D eigenvalue weighted by Crippen LogP contribution is -1.91.